The summed E-state index contributed by atoms with van der Waals surface area (Å²) in [7, 11) is 0. The van der Waals surface area contributed by atoms with Gasteiger partial charge in [-0.05, 0) is 25.0 Å². The van der Waals surface area contributed by atoms with Gasteiger partial charge < -0.3 is 20.6 Å². The summed E-state index contributed by atoms with van der Waals surface area (Å²) in [4.78, 5) is 36.4. The highest BCUT2D eigenvalue weighted by Crippen LogP contribution is 2.15. The molecule has 7 nitrogen and oxygen atoms in total. The van der Waals surface area contributed by atoms with Gasteiger partial charge in [0.05, 0.1) is 0 Å². The molecule has 1 aliphatic rings. The van der Waals surface area contributed by atoms with Crippen LogP contribution in [0.1, 0.15) is 19.3 Å². The minimum Gasteiger partial charge on any atom is -0.508 e. The highest BCUT2D eigenvalue weighted by molar-refractivity contribution is 6.39. The van der Waals surface area contributed by atoms with Gasteiger partial charge in [-0.3, -0.25) is 14.4 Å². The Balaban J connectivity index is 1.68. The molecule has 1 saturated heterocycles. The summed E-state index contributed by atoms with van der Waals surface area (Å²) >= 11 is 0. The number of aromatic hydroxyl groups is 1. The number of likely N-dealkylation sites (tertiary alicyclic amines) is 1. The van der Waals surface area contributed by atoms with Gasteiger partial charge in [-0.1, -0.05) is 6.07 Å². The number of benzene rings is 1. The van der Waals surface area contributed by atoms with E-state index >= 15 is 0 Å². The summed E-state index contributed by atoms with van der Waals surface area (Å²) in [6.45, 7) is 1.69. The lowest BCUT2D eigenvalue weighted by molar-refractivity contribution is -0.136. The number of anilines is 1. The van der Waals surface area contributed by atoms with E-state index in [2.05, 4.69) is 10.6 Å². The Bertz CT molecular complexity index is 574. The van der Waals surface area contributed by atoms with Gasteiger partial charge in [-0.15, -0.1) is 0 Å². The van der Waals surface area contributed by atoms with Crippen molar-refractivity contribution in [1.29, 1.82) is 0 Å². The number of phenols is 1. The third kappa shape index (κ3) is 4.47. The summed E-state index contributed by atoms with van der Waals surface area (Å²) in [6.07, 6.45) is 2.09. The first-order valence-electron chi connectivity index (χ1n) is 7.22. The summed E-state index contributed by atoms with van der Waals surface area (Å²) < 4.78 is 0. The summed E-state index contributed by atoms with van der Waals surface area (Å²) in [5.74, 6) is -1.37. The quantitative estimate of drug-likeness (QED) is 0.543. The lowest BCUT2D eigenvalue weighted by Gasteiger charge is -2.15. The molecule has 0 saturated carbocycles. The lowest BCUT2D eigenvalue weighted by atomic mass is 10.3. The van der Waals surface area contributed by atoms with Crippen LogP contribution in [0.2, 0.25) is 0 Å². The summed E-state index contributed by atoms with van der Waals surface area (Å²) in [5, 5.41) is 14.2. The van der Waals surface area contributed by atoms with Crippen LogP contribution >= 0.6 is 0 Å². The Hall–Kier alpha value is -2.57. The van der Waals surface area contributed by atoms with Crippen molar-refractivity contribution >= 4 is 23.4 Å². The van der Waals surface area contributed by atoms with Crippen LogP contribution in [0.4, 0.5) is 5.69 Å². The number of phenolic OH excluding ortho intramolecular Hbond substituents is 1. The molecule has 3 amide bonds. The van der Waals surface area contributed by atoms with Crippen LogP contribution in [0.15, 0.2) is 24.3 Å². The van der Waals surface area contributed by atoms with Crippen molar-refractivity contribution in [3.05, 3.63) is 24.3 Å². The predicted octanol–water partition coefficient (Wildman–Crippen LogP) is 0.459. The first-order valence-corrected chi connectivity index (χ1v) is 7.22. The van der Waals surface area contributed by atoms with Crippen LogP contribution in [-0.4, -0.2) is 47.4 Å². The first-order chi connectivity index (χ1) is 10.6. The minimum absolute atomic E-state index is 0.00786. The second-order valence-electron chi connectivity index (χ2n) is 5.10. The average molecular weight is 305 g/mol. The van der Waals surface area contributed by atoms with E-state index in [1.54, 1.807) is 17.0 Å². The van der Waals surface area contributed by atoms with Gasteiger partial charge in [0.15, 0.2) is 0 Å². The Labute approximate surface area is 128 Å². The van der Waals surface area contributed by atoms with Crippen molar-refractivity contribution in [2.45, 2.75) is 19.3 Å². The summed E-state index contributed by atoms with van der Waals surface area (Å²) in [6, 6.07) is 5.96. The van der Waals surface area contributed by atoms with Gasteiger partial charge in [0.1, 0.15) is 5.75 Å². The van der Waals surface area contributed by atoms with E-state index in [1.165, 1.54) is 12.1 Å². The summed E-state index contributed by atoms with van der Waals surface area (Å²) in [5.41, 5.74) is 0.350. The number of hydrogen-bond donors (Lipinski definition) is 3. The molecular formula is C15H19N3O4. The second-order valence-corrected chi connectivity index (χ2v) is 5.10. The third-order valence-corrected chi connectivity index (χ3v) is 3.37. The van der Waals surface area contributed by atoms with E-state index in [1.807, 2.05) is 0 Å². The SMILES string of the molecule is O=C(NCCCN1CCCC1=O)C(=O)Nc1cccc(O)c1. The van der Waals surface area contributed by atoms with Crippen molar-refractivity contribution in [2.24, 2.45) is 0 Å². The zero-order valence-electron chi connectivity index (χ0n) is 12.2. The van der Waals surface area contributed by atoms with Gasteiger partial charge in [0.25, 0.3) is 0 Å². The molecule has 0 bridgehead atoms. The Morgan fingerprint density at radius 1 is 1.27 bits per heavy atom. The minimum atomic E-state index is -0.789. The molecule has 0 aromatic heterocycles. The molecule has 1 fully saturated rings. The van der Waals surface area contributed by atoms with Crippen LogP contribution in [0, 0.1) is 0 Å². The van der Waals surface area contributed by atoms with Crippen LogP contribution in [0.3, 0.4) is 0 Å². The van der Waals surface area contributed by atoms with E-state index in [0.29, 0.717) is 31.6 Å². The number of rotatable bonds is 5. The normalized spacial score (nSPS) is 14.0. The topological polar surface area (TPSA) is 98.7 Å². The van der Waals surface area contributed by atoms with Crippen LogP contribution < -0.4 is 10.6 Å². The molecule has 0 aliphatic carbocycles. The molecule has 118 valence electrons. The molecule has 1 aliphatic heterocycles. The molecule has 0 spiro atoms. The fraction of sp³-hybridized carbons (Fsp3) is 0.400. The molecule has 3 N–H and O–H groups in total. The standard InChI is InChI=1S/C15H19N3O4/c19-12-5-1-4-11(10-12)17-15(22)14(21)16-7-3-9-18-8-2-6-13(18)20/h1,4-5,10,19H,2-3,6-9H2,(H,16,21)(H,17,22). The van der Waals surface area contributed by atoms with Crippen molar-refractivity contribution < 1.29 is 19.5 Å². The van der Waals surface area contributed by atoms with Gasteiger partial charge in [0, 0.05) is 37.8 Å². The molecule has 7 heteroatoms. The maximum absolute atomic E-state index is 11.7. The van der Waals surface area contributed by atoms with Crippen LogP contribution in [0.5, 0.6) is 5.75 Å². The fourth-order valence-electron chi connectivity index (χ4n) is 2.26. The van der Waals surface area contributed by atoms with Crippen LogP contribution in [-0.2, 0) is 14.4 Å². The van der Waals surface area contributed by atoms with E-state index in [0.717, 1.165) is 13.0 Å². The molecular weight excluding hydrogens is 286 g/mol. The van der Waals surface area contributed by atoms with E-state index in [-0.39, 0.29) is 11.7 Å². The number of amides is 3. The molecule has 22 heavy (non-hydrogen) atoms. The Kier molecular flexibility index (Phi) is 5.35. The molecule has 0 radical (unpaired) electrons. The number of carbonyl (C=O) groups is 3. The van der Waals surface area contributed by atoms with Crippen molar-refractivity contribution in [3.8, 4) is 5.75 Å². The maximum atomic E-state index is 11.7. The van der Waals surface area contributed by atoms with E-state index in [9.17, 15) is 19.5 Å². The van der Waals surface area contributed by atoms with Gasteiger partial charge >= 0.3 is 11.8 Å². The van der Waals surface area contributed by atoms with Crippen molar-refractivity contribution in [2.75, 3.05) is 25.0 Å². The first kappa shape index (κ1) is 15.8. The average Bonchev–Trinajstić information content (AvgIpc) is 2.88. The third-order valence-electron chi connectivity index (χ3n) is 3.37. The molecule has 0 atom stereocenters. The van der Waals surface area contributed by atoms with E-state index in [4.69, 9.17) is 0 Å². The second kappa shape index (κ2) is 7.44. The van der Waals surface area contributed by atoms with Crippen molar-refractivity contribution in [3.63, 3.8) is 0 Å². The molecule has 0 unspecified atom stereocenters. The Morgan fingerprint density at radius 2 is 2.09 bits per heavy atom. The number of hydrogen-bond acceptors (Lipinski definition) is 4. The van der Waals surface area contributed by atoms with Crippen LogP contribution in [0.25, 0.3) is 0 Å². The maximum Gasteiger partial charge on any atom is 0.313 e. The Morgan fingerprint density at radius 3 is 2.77 bits per heavy atom. The lowest BCUT2D eigenvalue weighted by Crippen LogP contribution is -2.37. The molecule has 2 rings (SSSR count). The predicted molar refractivity (Wildman–Crippen MR) is 80.2 cm³/mol. The smallest absolute Gasteiger partial charge is 0.313 e. The molecule has 1 heterocycles. The fourth-order valence-corrected chi connectivity index (χ4v) is 2.26. The zero-order chi connectivity index (χ0) is 15.9. The highest BCUT2D eigenvalue weighted by Gasteiger charge is 2.19. The van der Waals surface area contributed by atoms with Crippen molar-refractivity contribution in [1.82, 2.24) is 10.2 Å². The number of nitrogens with zero attached hydrogens (tertiary/aromatic N) is 1. The largest absolute Gasteiger partial charge is 0.508 e. The van der Waals surface area contributed by atoms with Gasteiger partial charge in [-0.25, -0.2) is 0 Å². The van der Waals surface area contributed by atoms with E-state index < -0.39 is 11.8 Å². The monoisotopic (exact) mass is 305 g/mol. The zero-order valence-corrected chi connectivity index (χ0v) is 12.2. The number of nitrogens with one attached hydrogen (secondary N) is 2. The van der Waals surface area contributed by atoms with Gasteiger partial charge in [-0.2, -0.15) is 0 Å². The molecule has 1 aromatic rings. The van der Waals surface area contributed by atoms with Gasteiger partial charge in [0.2, 0.25) is 5.91 Å². The number of carbonyl (C=O) groups excluding carboxylic acids is 3. The highest BCUT2D eigenvalue weighted by atomic mass is 16.3. The molecule has 1 aromatic carbocycles.